The van der Waals surface area contributed by atoms with Crippen LogP contribution in [0, 0.1) is 0 Å². The van der Waals surface area contributed by atoms with Crippen LogP contribution in [0.1, 0.15) is 33.6 Å². The Bertz CT molecular complexity index is 360. The number of amides is 1. The van der Waals surface area contributed by atoms with Gasteiger partial charge in [-0.25, -0.2) is 4.79 Å². The van der Waals surface area contributed by atoms with Crippen LogP contribution in [0.3, 0.4) is 0 Å². The summed E-state index contributed by atoms with van der Waals surface area (Å²) in [6, 6.07) is 0. The lowest BCUT2D eigenvalue weighted by atomic mass is 10.3. The van der Waals surface area contributed by atoms with Crippen molar-refractivity contribution in [2.24, 2.45) is 0 Å². The molecular formula is C15H26N2O3. The molecular weight excluding hydrogens is 256 g/mol. The molecule has 1 aliphatic heterocycles. The van der Waals surface area contributed by atoms with Crippen molar-refractivity contribution in [3.05, 3.63) is 24.4 Å². The molecule has 0 aromatic rings. The fraction of sp³-hybridized carbons (Fsp3) is 0.600. The van der Waals surface area contributed by atoms with E-state index >= 15 is 0 Å². The molecule has 0 spiro atoms. The maximum absolute atomic E-state index is 10.7. The number of aliphatic carboxylic acids is 1. The van der Waals surface area contributed by atoms with Gasteiger partial charge in [0.1, 0.15) is 0 Å². The SMILES string of the molecule is C=CN1CCCC1=O.CCN(CC)CC=C(C)C(=O)O. The van der Waals surface area contributed by atoms with E-state index in [4.69, 9.17) is 5.11 Å². The molecule has 1 fully saturated rings. The number of likely N-dealkylation sites (tertiary alicyclic amines) is 1. The highest BCUT2D eigenvalue weighted by Gasteiger charge is 2.16. The first-order valence-electron chi connectivity index (χ1n) is 7.00. The maximum Gasteiger partial charge on any atom is 0.330 e. The van der Waals surface area contributed by atoms with Gasteiger partial charge in [0.25, 0.3) is 0 Å². The van der Waals surface area contributed by atoms with E-state index in [1.54, 1.807) is 24.1 Å². The number of carbonyl (C=O) groups is 2. The Morgan fingerprint density at radius 1 is 1.45 bits per heavy atom. The molecule has 1 heterocycles. The minimum atomic E-state index is -0.831. The van der Waals surface area contributed by atoms with Crippen LogP contribution in [-0.4, -0.2) is 53.0 Å². The third kappa shape index (κ3) is 7.09. The third-order valence-electron chi connectivity index (χ3n) is 3.22. The van der Waals surface area contributed by atoms with E-state index in [0.29, 0.717) is 12.0 Å². The Morgan fingerprint density at radius 3 is 2.35 bits per heavy atom. The van der Waals surface area contributed by atoms with Crippen LogP contribution in [0.4, 0.5) is 0 Å². The Hall–Kier alpha value is -1.62. The van der Waals surface area contributed by atoms with Crippen LogP contribution >= 0.6 is 0 Å². The average Bonchev–Trinajstić information content (AvgIpc) is 2.85. The molecule has 1 aliphatic rings. The van der Waals surface area contributed by atoms with Crippen molar-refractivity contribution < 1.29 is 14.7 Å². The van der Waals surface area contributed by atoms with Gasteiger partial charge in [-0.3, -0.25) is 4.79 Å². The zero-order valence-corrected chi connectivity index (χ0v) is 12.8. The fourth-order valence-electron chi connectivity index (χ4n) is 1.70. The Labute approximate surface area is 121 Å². The van der Waals surface area contributed by atoms with Crippen LogP contribution in [0.15, 0.2) is 24.4 Å². The highest BCUT2D eigenvalue weighted by Crippen LogP contribution is 2.08. The van der Waals surface area contributed by atoms with Gasteiger partial charge in [0.2, 0.25) is 5.91 Å². The zero-order chi connectivity index (χ0) is 15.5. The van der Waals surface area contributed by atoms with E-state index in [1.807, 2.05) is 0 Å². The molecule has 0 atom stereocenters. The standard InChI is InChI=1S/C9H17NO2.C6H9NO/c1-4-10(5-2)7-6-8(3)9(11)12;1-2-7-5-3-4-6(7)8/h6H,4-5,7H2,1-3H3,(H,11,12);2H,1,3-5H2. The Kier molecular flexibility index (Phi) is 9.38. The topological polar surface area (TPSA) is 60.9 Å². The average molecular weight is 282 g/mol. The van der Waals surface area contributed by atoms with Crippen molar-refractivity contribution in [3.63, 3.8) is 0 Å². The van der Waals surface area contributed by atoms with Crippen molar-refractivity contribution >= 4 is 11.9 Å². The number of carboxylic acids is 1. The number of carbonyl (C=O) groups excluding carboxylic acids is 1. The van der Waals surface area contributed by atoms with E-state index < -0.39 is 5.97 Å². The lowest BCUT2D eigenvalue weighted by molar-refractivity contribution is -0.132. The van der Waals surface area contributed by atoms with Crippen molar-refractivity contribution in [2.75, 3.05) is 26.2 Å². The minimum absolute atomic E-state index is 0.208. The first-order valence-corrected chi connectivity index (χ1v) is 7.00. The normalized spacial score (nSPS) is 15.1. The van der Waals surface area contributed by atoms with Gasteiger partial charge in [-0.2, -0.15) is 0 Å². The van der Waals surface area contributed by atoms with Gasteiger partial charge >= 0.3 is 5.97 Å². The summed E-state index contributed by atoms with van der Waals surface area (Å²) in [5, 5.41) is 8.55. The third-order valence-corrected chi connectivity index (χ3v) is 3.22. The van der Waals surface area contributed by atoms with Gasteiger partial charge in [-0.1, -0.05) is 26.5 Å². The fourth-order valence-corrected chi connectivity index (χ4v) is 1.70. The van der Waals surface area contributed by atoms with Crippen LogP contribution in [0.25, 0.3) is 0 Å². The van der Waals surface area contributed by atoms with Gasteiger partial charge in [0, 0.05) is 25.1 Å². The van der Waals surface area contributed by atoms with Crippen LogP contribution in [0.5, 0.6) is 0 Å². The largest absolute Gasteiger partial charge is 0.478 e. The van der Waals surface area contributed by atoms with E-state index in [1.165, 1.54) is 0 Å². The number of nitrogens with zero attached hydrogens (tertiary/aromatic N) is 2. The molecule has 5 heteroatoms. The van der Waals surface area contributed by atoms with Crippen LogP contribution in [-0.2, 0) is 9.59 Å². The monoisotopic (exact) mass is 282 g/mol. The molecule has 1 amide bonds. The molecule has 1 saturated heterocycles. The molecule has 114 valence electrons. The minimum Gasteiger partial charge on any atom is -0.478 e. The van der Waals surface area contributed by atoms with Gasteiger partial charge in [-0.05, 0) is 32.6 Å². The number of carboxylic acid groups (broad SMARTS) is 1. The van der Waals surface area contributed by atoms with Crippen molar-refractivity contribution in [1.29, 1.82) is 0 Å². The number of rotatable bonds is 6. The predicted molar refractivity (Wildman–Crippen MR) is 80.3 cm³/mol. The summed E-state index contributed by atoms with van der Waals surface area (Å²) in [6.07, 6.45) is 5.03. The molecule has 0 bridgehead atoms. The highest BCUT2D eigenvalue weighted by molar-refractivity contribution is 5.85. The van der Waals surface area contributed by atoms with Gasteiger partial charge < -0.3 is 14.9 Å². The summed E-state index contributed by atoms with van der Waals surface area (Å²) in [5.74, 6) is -0.623. The molecule has 1 N–H and O–H groups in total. The second kappa shape index (κ2) is 10.2. The molecule has 0 aliphatic carbocycles. The summed E-state index contributed by atoms with van der Waals surface area (Å²) < 4.78 is 0. The van der Waals surface area contributed by atoms with E-state index in [0.717, 1.165) is 32.6 Å². The smallest absolute Gasteiger partial charge is 0.330 e. The first-order chi connectivity index (χ1) is 9.46. The van der Waals surface area contributed by atoms with E-state index in [2.05, 4.69) is 25.3 Å². The predicted octanol–water partition coefficient (Wildman–Crippen LogP) is 2.11. The molecule has 0 radical (unpaired) electrons. The summed E-state index contributed by atoms with van der Waals surface area (Å²) >= 11 is 0. The van der Waals surface area contributed by atoms with Crippen LogP contribution in [0.2, 0.25) is 0 Å². The second-order valence-corrected chi connectivity index (χ2v) is 4.55. The summed E-state index contributed by atoms with van der Waals surface area (Å²) in [5.41, 5.74) is 0.418. The van der Waals surface area contributed by atoms with Gasteiger partial charge in [0.05, 0.1) is 0 Å². The lowest BCUT2D eigenvalue weighted by Gasteiger charge is -2.15. The molecule has 1 rings (SSSR count). The quantitative estimate of drug-likeness (QED) is 0.758. The zero-order valence-electron chi connectivity index (χ0n) is 12.8. The molecule has 5 nitrogen and oxygen atoms in total. The summed E-state index contributed by atoms with van der Waals surface area (Å²) in [6.45, 7) is 12.7. The highest BCUT2D eigenvalue weighted by atomic mass is 16.4. The number of hydrogen-bond acceptors (Lipinski definition) is 3. The van der Waals surface area contributed by atoms with E-state index in [-0.39, 0.29) is 5.91 Å². The summed E-state index contributed by atoms with van der Waals surface area (Å²) in [4.78, 5) is 24.9. The first kappa shape index (κ1) is 18.4. The summed E-state index contributed by atoms with van der Waals surface area (Å²) in [7, 11) is 0. The van der Waals surface area contributed by atoms with Crippen molar-refractivity contribution in [3.8, 4) is 0 Å². The van der Waals surface area contributed by atoms with Gasteiger partial charge in [-0.15, -0.1) is 0 Å². The lowest BCUT2D eigenvalue weighted by Crippen LogP contribution is -2.23. The van der Waals surface area contributed by atoms with Gasteiger partial charge in [0.15, 0.2) is 0 Å². The van der Waals surface area contributed by atoms with Crippen molar-refractivity contribution in [2.45, 2.75) is 33.6 Å². The maximum atomic E-state index is 10.7. The Balaban J connectivity index is 0.000000388. The number of hydrogen-bond donors (Lipinski definition) is 1. The Morgan fingerprint density at radius 2 is 2.05 bits per heavy atom. The van der Waals surface area contributed by atoms with Crippen molar-refractivity contribution in [1.82, 2.24) is 9.80 Å². The van der Waals surface area contributed by atoms with E-state index in [9.17, 15) is 9.59 Å². The molecule has 0 aromatic carbocycles. The molecule has 0 unspecified atom stereocenters. The molecule has 0 aromatic heterocycles. The van der Waals surface area contributed by atoms with Crippen LogP contribution < -0.4 is 0 Å². The molecule has 20 heavy (non-hydrogen) atoms. The molecule has 0 saturated carbocycles. The number of likely N-dealkylation sites (N-methyl/N-ethyl adjacent to an activating group) is 1. The second-order valence-electron chi connectivity index (χ2n) is 4.55.